The molecule has 4 saturated carbocycles. The number of hydrogen-bond donors (Lipinski definition) is 0. The number of carbonyl (C=O) groups excluding carboxylic acids is 1. The first-order chi connectivity index (χ1) is 14.5. The van der Waals surface area contributed by atoms with Crippen LogP contribution in [0.5, 0.6) is 0 Å². The molecule has 0 radical (unpaired) electrons. The molecule has 0 heterocycles. The highest BCUT2D eigenvalue weighted by molar-refractivity contribution is 5.91. The largest absolute Gasteiger partial charge is 0.295 e. The van der Waals surface area contributed by atoms with Gasteiger partial charge in [-0.15, -0.1) is 0 Å². The fourth-order valence-corrected chi connectivity index (χ4v) is 10.2. The molecular weight excluding hydrogens is 376 g/mol. The van der Waals surface area contributed by atoms with Gasteiger partial charge in [0, 0.05) is 6.42 Å². The van der Waals surface area contributed by atoms with Crippen molar-refractivity contribution in [2.24, 2.45) is 63.6 Å². The molecule has 31 heavy (non-hydrogen) atoms. The van der Waals surface area contributed by atoms with Gasteiger partial charge in [-0.25, -0.2) is 0 Å². The smallest absolute Gasteiger partial charge is 0.155 e. The van der Waals surface area contributed by atoms with Gasteiger partial charge >= 0.3 is 0 Å². The monoisotopic (exact) mass is 424 g/mol. The molecule has 0 aliphatic heterocycles. The molecule has 0 spiro atoms. The lowest BCUT2D eigenvalue weighted by molar-refractivity contribution is -0.117. The Morgan fingerprint density at radius 1 is 0.871 bits per heavy atom. The number of rotatable bonds is 4. The Kier molecular flexibility index (Phi) is 5.16. The molecular formula is C30H48O. The second-order valence-corrected chi connectivity index (χ2v) is 13.9. The highest BCUT2D eigenvalue weighted by atomic mass is 16.1. The van der Waals surface area contributed by atoms with E-state index in [1.807, 2.05) is 0 Å². The van der Waals surface area contributed by atoms with E-state index in [0.29, 0.717) is 22.0 Å². The molecule has 0 N–H and O–H groups in total. The molecule has 5 aliphatic rings. The molecule has 1 heteroatoms. The number of hydrogen-bond acceptors (Lipinski definition) is 1. The molecule has 0 aromatic rings. The highest BCUT2D eigenvalue weighted by Gasteiger charge is 2.63. The molecule has 4 fully saturated rings. The SMILES string of the molecule is CC(C)[C@@H](C)[C@@]1(C)C[C@@H]1[C@@H](C)[C@H]1CC[C@H]2[C@@H]3CCC4=CC(=O)CC[C@]4(C)[C@H]3CC[C@]12C. The summed E-state index contributed by atoms with van der Waals surface area (Å²) in [7, 11) is 0. The standard InChI is InChI=1S/C30H48O/c1-18(2)20(4)30(7)17-27(30)19(3)24-10-11-25-23-9-8-21-16-22(31)12-14-28(21,5)26(23)13-15-29(24,25)6/h16,18-20,23-27H,8-15,17H2,1-7H3/t19-,20+,23-,24+,25-,26-,27+,28-,29+,30+/m0/s1. The quantitative estimate of drug-likeness (QED) is 0.445. The van der Waals surface area contributed by atoms with Crippen LogP contribution >= 0.6 is 0 Å². The molecule has 0 amide bonds. The maximum atomic E-state index is 12.1. The minimum atomic E-state index is 0.323. The third kappa shape index (κ3) is 3.10. The maximum absolute atomic E-state index is 12.1. The van der Waals surface area contributed by atoms with Crippen LogP contribution in [0.2, 0.25) is 0 Å². The highest BCUT2D eigenvalue weighted by Crippen LogP contribution is 2.71. The lowest BCUT2D eigenvalue weighted by atomic mass is 9.46. The summed E-state index contributed by atoms with van der Waals surface area (Å²) in [6, 6.07) is 0. The van der Waals surface area contributed by atoms with E-state index in [2.05, 4.69) is 54.5 Å². The van der Waals surface area contributed by atoms with Crippen molar-refractivity contribution >= 4 is 5.78 Å². The molecule has 5 aliphatic carbocycles. The molecule has 5 rings (SSSR count). The van der Waals surface area contributed by atoms with Crippen LogP contribution in [0.3, 0.4) is 0 Å². The molecule has 174 valence electrons. The van der Waals surface area contributed by atoms with Crippen molar-refractivity contribution in [3.05, 3.63) is 11.6 Å². The van der Waals surface area contributed by atoms with Crippen LogP contribution < -0.4 is 0 Å². The van der Waals surface area contributed by atoms with E-state index in [9.17, 15) is 4.79 Å². The Balaban J connectivity index is 1.35. The Bertz CT molecular complexity index is 777. The second-order valence-electron chi connectivity index (χ2n) is 13.9. The molecule has 10 atom stereocenters. The molecule has 0 aromatic carbocycles. The average Bonchev–Trinajstić information content (AvgIpc) is 3.29. The fraction of sp³-hybridized carbons (Fsp3) is 0.900. The van der Waals surface area contributed by atoms with Crippen molar-refractivity contribution in [1.82, 2.24) is 0 Å². The van der Waals surface area contributed by atoms with Gasteiger partial charge in [0.15, 0.2) is 5.78 Å². The average molecular weight is 425 g/mol. The van der Waals surface area contributed by atoms with Crippen molar-refractivity contribution < 1.29 is 4.79 Å². The molecule has 0 bridgehead atoms. The van der Waals surface area contributed by atoms with Crippen LogP contribution in [0.1, 0.15) is 106 Å². The number of allylic oxidation sites excluding steroid dienone is 1. The van der Waals surface area contributed by atoms with E-state index in [0.717, 1.165) is 60.2 Å². The lowest BCUT2D eigenvalue weighted by Crippen LogP contribution is -2.51. The molecule has 0 saturated heterocycles. The van der Waals surface area contributed by atoms with E-state index in [-0.39, 0.29) is 0 Å². The first kappa shape index (κ1) is 22.2. The summed E-state index contributed by atoms with van der Waals surface area (Å²) in [4.78, 5) is 12.1. The summed E-state index contributed by atoms with van der Waals surface area (Å²) in [6.07, 6.45) is 13.8. The van der Waals surface area contributed by atoms with Gasteiger partial charge in [-0.3, -0.25) is 4.79 Å². The van der Waals surface area contributed by atoms with Crippen LogP contribution in [0, 0.1) is 63.6 Å². The van der Waals surface area contributed by atoms with E-state index in [1.165, 1.54) is 50.5 Å². The predicted octanol–water partition coefficient (Wildman–Crippen LogP) is 8.09. The third-order valence-electron chi connectivity index (χ3n) is 12.7. The van der Waals surface area contributed by atoms with Crippen molar-refractivity contribution in [2.75, 3.05) is 0 Å². The lowest BCUT2D eigenvalue weighted by Gasteiger charge is -2.58. The summed E-state index contributed by atoms with van der Waals surface area (Å²) in [5.74, 6) is 7.49. The molecule has 0 aromatic heterocycles. The Labute approximate surface area is 192 Å². The van der Waals surface area contributed by atoms with Crippen LogP contribution in [-0.2, 0) is 4.79 Å². The third-order valence-corrected chi connectivity index (χ3v) is 12.7. The second kappa shape index (κ2) is 7.20. The van der Waals surface area contributed by atoms with Gasteiger partial charge in [0.1, 0.15) is 0 Å². The summed E-state index contributed by atoms with van der Waals surface area (Å²) >= 11 is 0. The first-order valence-corrected chi connectivity index (χ1v) is 13.8. The molecule has 1 nitrogen and oxygen atoms in total. The Morgan fingerprint density at radius 3 is 2.32 bits per heavy atom. The maximum Gasteiger partial charge on any atom is 0.155 e. The van der Waals surface area contributed by atoms with E-state index < -0.39 is 0 Å². The van der Waals surface area contributed by atoms with Crippen LogP contribution in [0.25, 0.3) is 0 Å². The van der Waals surface area contributed by atoms with Crippen molar-refractivity contribution in [2.45, 2.75) is 106 Å². The van der Waals surface area contributed by atoms with E-state index in [4.69, 9.17) is 0 Å². The number of carbonyl (C=O) groups is 1. The van der Waals surface area contributed by atoms with Gasteiger partial charge in [-0.1, -0.05) is 54.0 Å². The van der Waals surface area contributed by atoms with Gasteiger partial charge in [-0.2, -0.15) is 0 Å². The number of ketones is 1. The summed E-state index contributed by atoms with van der Waals surface area (Å²) in [5.41, 5.74) is 3.00. The van der Waals surface area contributed by atoms with Gasteiger partial charge < -0.3 is 0 Å². The van der Waals surface area contributed by atoms with Crippen molar-refractivity contribution in [3.8, 4) is 0 Å². The van der Waals surface area contributed by atoms with Gasteiger partial charge in [0.05, 0.1) is 0 Å². The zero-order valence-electron chi connectivity index (χ0n) is 21.5. The van der Waals surface area contributed by atoms with Crippen LogP contribution in [0.15, 0.2) is 11.6 Å². The van der Waals surface area contributed by atoms with E-state index in [1.54, 1.807) is 0 Å². The van der Waals surface area contributed by atoms with Crippen molar-refractivity contribution in [3.63, 3.8) is 0 Å². The first-order valence-electron chi connectivity index (χ1n) is 13.8. The molecule has 0 unspecified atom stereocenters. The summed E-state index contributed by atoms with van der Waals surface area (Å²) in [5, 5.41) is 0. The fourth-order valence-electron chi connectivity index (χ4n) is 10.2. The minimum Gasteiger partial charge on any atom is -0.295 e. The summed E-state index contributed by atoms with van der Waals surface area (Å²) < 4.78 is 0. The minimum absolute atomic E-state index is 0.323. The zero-order chi connectivity index (χ0) is 22.3. The normalized spacial score (nSPS) is 50.9. The Hall–Kier alpha value is -0.590. The zero-order valence-corrected chi connectivity index (χ0v) is 21.5. The van der Waals surface area contributed by atoms with Crippen LogP contribution in [0.4, 0.5) is 0 Å². The summed E-state index contributed by atoms with van der Waals surface area (Å²) in [6.45, 7) is 17.9. The van der Waals surface area contributed by atoms with Gasteiger partial charge in [0.2, 0.25) is 0 Å². The Morgan fingerprint density at radius 2 is 1.61 bits per heavy atom. The van der Waals surface area contributed by atoms with Crippen LogP contribution in [-0.4, -0.2) is 5.78 Å². The van der Waals surface area contributed by atoms with Crippen molar-refractivity contribution in [1.29, 1.82) is 0 Å². The number of fused-ring (bicyclic) bond motifs is 5. The topological polar surface area (TPSA) is 17.1 Å². The predicted molar refractivity (Wildman–Crippen MR) is 130 cm³/mol. The van der Waals surface area contributed by atoms with E-state index >= 15 is 0 Å². The van der Waals surface area contributed by atoms with Gasteiger partial charge in [0.25, 0.3) is 0 Å². The van der Waals surface area contributed by atoms with Gasteiger partial charge in [-0.05, 0) is 121 Å².